The van der Waals surface area contributed by atoms with Crippen molar-refractivity contribution in [2.75, 3.05) is 0 Å². The highest BCUT2D eigenvalue weighted by molar-refractivity contribution is 8.00. The van der Waals surface area contributed by atoms with Gasteiger partial charge >= 0.3 is 0 Å². The van der Waals surface area contributed by atoms with Crippen molar-refractivity contribution in [1.29, 1.82) is 0 Å². The molecule has 0 amide bonds. The molecule has 1 heterocycles. The van der Waals surface area contributed by atoms with Gasteiger partial charge in [-0.2, -0.15) is 0 Å². The predicted molar refractivity (Wildman–Crippen MR) is 97.9 cm³/mol. The molecule has 2 nitrogen and oxygen atoms in total. The Hall–Kier alpha value is -1.43. The number of hydrogen-bond donors (Lipinski definition) is 1. The molecule has 2 atom stereocenters. The standard InChI is InChI=1S/C20H22F2N2S/c1-13(2)24-20(11-5-7-14-6-3-4-8-17(14)20)25-19(23-24)16-12-15(21)9-10-18(16)22/h3-4,6,8-10,12-13,19,23H,5,7,11H2,1-2H3. The van der Waals surface area contributed by atoms with E-state index in [4.69, 9.17) is 0 Å². The summed E-state index contributed by atoms with van der Waals surface area (Å²) in [4.78, 5) is -0.244. The molecule has 2 aromatic rings. The van der Waals surface area contributed by atoms with Crippen LogP contribution < -0.4 is 5.43 Å². The molecule has 4 rings (SSSR count). The molecule has 2 unspecified atom stereocenters. The maximum Gasteiger partial charge on any atom is 0.129 e. The molecule has 25 heavy (non-hydrogen) atoms. The van der Waals surface area contributed by atoms with E-state index in [-0.39, 0.29) is 22.1 Å². The van der Waals surface area contributed by atoms with Gasteiger partial charge in [-0.05, 0) is 62.4 Å². The Bertz CT molecular complexity index is 795. The van der Waals surface area contributed by atoms with Gasteiger partial charge in [0.1, 0.15) is 16.5 Å². The van der Waals surface area contributed by atoms with Gasteiger partial charge in [-0.25, -0.2) is 19.2 Å². The number of hydrogen-bond acceptors (Lipinski definition) is 3. The van der Waals surface area contributed by atoms with Gasteiger partial charge in [-0.3, -0.25) is 0 Å². The summed E-state index contributed by atoms with van der Waals surface area (Å²) >= 11 is 1.70. The monoisotopic (exact) mass is 360 g/mol. The minimum atomic E-state index is -0.403. The van der Waals surface area contributed by atoms with Crippen LogP contribution in [0.2, 0.25) is 0 Å². The Morgan fingerprint density at radius 2 is 2.00 bits per heavy atom. The zero-order valence-electron chi connectivity index (χ0n) is 14.4. The van der Waals surface area contributed by atoms with E-state index >= 15 is 0 Å². The normalized spacial score (nSPS) is 26.4. The molecule has 0 saturated carbocycles. The van der Waals surface area contributed by atoms with Gasteiger partial charge in [0.05, 0.1) is 5.37 Å². The van der Waals surface area contributed by atoms with Crippen molar-refractivity contribution in [2.24, 2.45) is 0 Å². The van der Waals surface area contributed by atoms with Gasteiger partial charge in [0.2, 0.25) is 0 Å². The number of thioether (sulfide) groups is 1. The fourth-order valence-corrected chi connectivity index (χ4v) is 5.90. The van der Waals surface area contributed by atoms with Gasteiger partial charge in [-0.1, -0.05) is 24.3 Å². The molecular weight excluding hydrogens is 338 g/mol. The maximum atomic E-state index is 14.4. The quantitative estimate of drug-likeness (QED) is 0.801. The van der Waals surface area contributed by atoms with Crippen LogP contribution in [0.1, 0.15) is 48.8 Å². The first kappa shape index (κ1) is 17.0. The molecule has 0 radical (unpaired) electrons. The smallest absolute Gasteiger partial charge is 0.129 e. The van der Waals surface area contributed by atoms with Crippen molar-refractivity contribution < 1.29 is 8.78 Å². The summed E-state index contributed by atoms with van der Waals surface area (Å²) in [5.74, 6) is -0.767. The third-order valence-electron chi connectivity index (χ3n) is 5.12. The van der Waals surface area contributed by atoms with Crippen LogP contribution in [0.5, 0.6) is 0 Å². The van der Waals surface area contributed by atoms with Crippen LogP contribution in [0, 0.1) is 11.6 Å². The first-order valence-corrected chi connectivity index (χ1v) is 9.66. The minimum absolute atomic E-state index is 0.236. The highest BCUT2D eigenvalue weighted by Gasteiger charge is 2.51. The molecule has 1 fully saturated rings. The molecule has 1 spiro atoms. The van der Waals surface area contributed by atoms with E-state index in [0.717, 1.165) is 19.3 Å². The first-order chi connectivity index (χ1) is 12.0. The third-order valence-corrected chi connectivity index (χ3v) is 6.72. The summed E-state index contributed by atoms with van der Waals surface area (Å²) in [6.07, 6.45) is 3.16. The van der Waals surface area contributed by atoms with Gasteiger partial charge in [0.15, 0.2) is 0 Å². The Morgan fingerprint density at radius 1 is 1.20 bits per heavy atom. The first-order valence-electron chi connectivity index (χ1n) is 8.78. The molecule has 132 valence electrons. The van der Waals surface area contributed by atoms with Gasteiger partial charge in [0, 0.05) is 11.6 Å². The second kappa shape index (κ2) is 6.38. The molecule has 0 bridgehead atoms. The summed E-state index contributed by atoms with van der Waals surface area (Å²) in [7, 11) is 0. The summed E-state index contributed by atoms with van der Waals surface area (Å²) in [5.41, 5.74) is 6.50. The van der Waals surface area contributed by atoms with Gasteiger partial charge in [0.25, 0.3) is 0 Å². The van der Waals surface area contributed by atoms with Crippen molar-refractivity contribution >= 4 is 11.8 Å². The summed E-state index contributed by atoms with van der Waals surface area (Å²) in [6.45, 7) is 4.27. The number of nitrogens with one attached hydrogen (secondary N) is 1. The van der Waals surface area contributed by atoms with Crippen molar-refractivity contribution in [1.82, 2.24) is 10.4 Å². The van der Waals surface area contributed by atoms with E-state index in [1.807, 2.05) is 0 Å². The Labute approximate surface area is 151 Å². The topological polar surface area (TPSA) is 15.3 Å². The van der Waals surface area contributed by atoms with Gasteiger partial charge in [-0.15, -0.1) is 11.8 Å². The Kier molecular flexibility index (Phi) is 4.34. The average Bonchev–Trinajstić information content (AvgIpc) is 2.98. The fourth-order valence-electron chi connectivity index (χ4n) is 4.07. The summed E-state index contributed by atoms with van der Waals surface area (Å²) in [5, 5.41) is 1.94. The van der Waals surface area contributed by atoms with Crippen molar-refractivity contribution in [3.05, 3.63) is 70.8 Å². The molecule has 1 saturated heterocycles. The predicted octanol–water partition coefficient (Wildman–Crippen LogP) is 5.11. The molecule has 1 aliphatic heterocycles. The second-order valence-corrected chi connectivity index (χ2v) is 8.43. The van der Waals surface area contributed by atoms with E-state index in [1.165, 1.54) is 29.3 Å². The number of hydrazine groups is 1. The van der Waals surface area contributed by atoms with E-state index < -0.39 is 5.82 Å². The highest BCUT2D eigenvalue weighted by atomic mass is 32.2. The highest BCUT2D eigenvalue weighted by Crippen LogP contribution is 2.57. The van der Waals surface area contributed by atoms with E-state index in [0.29, 0.717) is 5.56 Å². The second-order valence-electron chi connectivity index (χ2n) is 7.05. The number of benzene rings is 2. The van der Waals surface area contributed by atoms with Crippen LogP contribution >= 0.6 is 11.8 Å². The molecule has 1 N–H and O–H groups in total. The van der Waals surface area contributed by atoms with E-state index in [1.54, 1.807) is 11.8 Å². The average molecular weight is 360 g/mol. The molecule has 5 heteroatoms. The van der Waals surface area contributed by atoms with Crippen molar-refractivity contribution in [2.45, 2.75) is 49.4 Å². The Morgan fingerprint density at radius 3 is 2.80 bits per heavy atom. The zero-order valence-corrected chi connectivity index (χ0v) is 15.2. The van der Waals surface area contributed by atoms with Crippen molar-refractivity contribution in [3.63, 3.8) is 0 Å². The number of nitrogens with zero attached hydrogens (tertiary/aromatic N) is 1. The molecule has 2 aromatic carbocycles. The SMILES string of the molecule is CC(C)N1NC(c2cc(F)ccc2F)SC12CCCc1ccccc12. The lowest BCUT2D eigenvalue weighted by Crippen LogP contribution is -2.50. The fraction of sp³-hybridized carbons (Fsp3) is 0.400. The van der Waals surface area contributed by atoms with Crippen LogP contribution in [-0.2, 0) is 11.3 Å². The Balaban J connectivity index is 1.80. The van der Waals surface area contributed by atoms with Crippen LogP contribution in [0.3, 0.4) is 0 Å². The van der Waals surface area contributed by atoms with Crippen molar-refractivity contribution in [3.8, 4) is 0 Å². The maximum absolute atomic E-state index is 14.4. The molecule has 1 aliphatic carbocycles. The van der Waals surface area contributed by atoms with E-state index in [2.05, 4.69) is 48.5 Å². The summed E-state index contributed by atoms with van der Waals surface area (Å²) < 4.78 is 28.1. The third kappa shape index (κ3) is 2.78. The molecular formula is C20H22F2N2S. The van der Waals surface area contributed by atoms with Crippen LogP contribution in [0.25, 0.3) is 0 Å². The summed E-state index contributed by atoms with van der Waals surface area (Å²) in [6, 6.07) is 12.5. The lowest BCUT2D eigenvalue weighted by Gasteiger charge is -2.43. The van der Waals surface area contributed by atoms with E-state index in [9.17, 15) is 8.78 Å². The number of halogens is 2. The number of rotatable bonds is 2. The number of fused-ring (bicyclic) bond motifs is 2. The lowest BCUT2D eigenvalue weighted by atomic mass is 9.86. The van der Waals surface area contributed by atoms with Gasteiger partial charge < -0.3 is 0 Å². The minimum Gasteiger partial charge on any atom is -0.236 e. The van der Waals surface area contributed by atoms with Crippen LogP contribution in [0.4, 0.5) is 8.78 Å². The zero-order chi connectivity index (χ0) is 17.6. The molecule has 0 aromatic heterocycles. The molecule has 2 aliphatic rings. The number of aryl methyl sites for hydroxylation is 1. The van der Waals surface area contributed by atoms with Crippen LogP contribution in [0.15, 0.2) is 42.5 Å². The van der Waals surface area contributed by atoms with Crippen LogP contribution in [-0.4, -0.2) is 11.1 Å². The largest absolute Gasteiger partial charge is 0.236 e. The lowest BCUT2D eigenvalue weighted by molar-refractivity contribution is 0.0647.